The number of pyridine rings is 1. The second-order valence-electron chi connectivity index (χ2n) is 7.92. The normalized spacial score (nSPS) is 18.8. The van der Waals surface area contributed by atoms with Gasteiger partial charge in [0.25, 0.3) is 5.92 Å². The van der Waals surface area contributed by atoms with Gasteiger partial charge in [-0.25, -0.2) is 27.5 Å². The number of piperidine rings is 1. The minimum absolute atomic E-state index is 0.00723. The molecule has 7 nitrogen and oxygen atoms in total. The standard InChI is InChI=1S/C23H21F4N5O2/c1-14(32-9-6-23(26,27)17(13-32)15-4-7-28-8-5-15)22(33)31-20-11-30-21(12-29-20)34-19-3-2-16(24)10-18(19)25/h2-5,7-8,10-12,14,17H,6,9,13H2,1H3,(H,29,31,33). The van der Waals surface area contributed by atoms with Crippen molar-refractivity contribution in [3.8, 4) is 11.6 Å². The maximum Gasteiger partial charge on any atom is 0.257 e. The van der Waals surface area contributed by atoms with Gasteiger partial charge >= 0.3 is 0 Å². The molecule has 3 heterocycles. The highest BCUT2D eigenvalue weighted by Gasteiger charge is 2.46. The Hall–Kier alpha value is -3.60. The zero-order valence-electron chi connectivity index (χ0n) is 18.1. The lowest BCUT2D eigenvalue weighted by Crippen LogP contribution is -2.52. The quantitative estimate of drug-likeness (QED) is 0.533. The number of aromatic nitrogens is 3. The zero-order chi connectivity index (χ0) is 24.3. The monoisotopic (exact) mass is 475 g/mol. The first-order chi connectivity index (χ1) is 16.2. The van der Waals surface area contributed by atoms with Gasteiger partial charge < -0.3 is 10.1 Å². The maximum absolute atomic E-state index is 14.6. The first kappa shape index (κ1) is 23.6. The van der Waals surface area contributed by atoms with Gasteiger partial charge in [-0.15, -0.1) is 0 Å². The van der Waals surface area contributed by atoms with Crippen molar-refractivity contribution in [2.75, 3.05) is 18.4 Å². The number of benzene rings is 1. The average molecular weight is 475 g/mol. The molecule has 1 aliphatic heterocycles. The molecule has 0 bridgehead atoms. The number of alkyl halides is 2. The molecule has 1 fully saturated rings. The molecule has 4 rings (SSSR count). The van der Waals surface area contributed by atoms with Crippen molar-refractivity contribution in [3.63, 3.8) is 0 Å². The lowest BCUT2D eigenvalue weighted by Gasteiger charge is -2.40. The van der Waals surface area contributed by atoms with Gasteiger partial charge in [0, 0.05) is 38.0 Å². The topological polar surface area (TPSA) is 80.2 Å². The second-order valence-corrected chi connectivity index (χ2v) is 7.92. The van der Waals surface area contributed by atoms with Crippen LogP contribution >= 0.6 is 0 Å². The molecule has 0 spiro atoms. The fourth-order valence-electron chi connectivity index (χ4n) is 3.72. The van der Waals surface area contributed by atoms with Crippen molar-refractivity contribution in [1.29, 1.82) is 0 Å². The van der Waals surface area contributed by atoms with E-state index in [1.807, 2.05) is 0 Å². The highest BCUT2D eigenvalue weighted by Crippen LogP contribution is 2.40. The van der Waals surface area contributed by atoms with E-state index in [1.165, 1.54) is 24.8 Å². The fourth-order valence-corrected chi connectivity index (χ4v) is 3.72. The van der Waals surface area contributed by atoms with Crippen LogP contribution in [-0.4, -0.2) is 50.8 Å². The van der Waals surface area contributed by atoms with Gasteiger partial charge in [0.15, 0.2) is 17.4 Å². The minimum Gasteiger partial charge on any atom is -0.434 e. The smallest absolute Gasteiger partial charge is 0.257 e. The summed E-state index contributed by atoms with van der Waals surface area (Å²) in [5.41, 5.74) is 0.469. The molecule has 178 valence electrons. The van der Waals surface area contributed by atoms with Crippen LogP contribution in [0.4, 0.5) is 23.4 Å². The number of nitrogens with one attached hydrogen (secondary N) is 1. The number of hydrogen-bond donors (Lipinski definition) is 1. The van der Waals surface area contributed by atoms with E-state index < -0.39 is 35.4 Å². The predicted molar refractivity (Wildman–Crippen MR) is 115 cm³/mol. The third-order valence-corrected chi connectivity index (χ3v) is 5.68. The van der Waals surface area contributed by atoms with Crippen LogP contribution in [0.15, 0.2) is 55.1 Å². The molecule has 11 heteroatoms. The molecule has 34 heavy (non-hydrogen) atoms. The van der Waals surface area contributed by atoms with Crippen LogP contribution in [0, 0.1) is 11.6 Å². The number of amides is 1. The van der Waals surface area contributed by atoms with Gasteiger partial charge in [-0.3, -0.25) is 14.7 Å². The van der Waals surface area contributed by atoms with Gasteiger partial charge in [-0.05, 0) is 36.8 Å². The Morgan fingerprint density at radius 1 is 1.18 bits per heavy atom. The van der Waals surface area contributed by atoms with Crippen LogP contribution in [0.2, 0.25) is 0 Å². The maximum atomic E-state index is 14.6. The molecule has 0 radical (unpaired) electrons. The van der Waals surface area contributed by atoms with Crippen molar-refractivity contribution >= 4 is 11.7 Å². The number of rotatable bonds is 6. The Labute approximate surface area is 192 Å². The molecule has 0 saturated carbocycles. The Balaban J connectivity index is 1.38. The van der Waals surface area contributed by atoms with E-state index in [9.17, 15) is 22.4 Å². The number of halogens is 4. The summed E-state index contributed by atoms with van der Waals surface area (Å²) >= 11 is 0. The third-order valence-electron chi connectivity index (χ3n) is 5.68. The molecule has 3 aromatic rings. The van der Waals surface area contributed by atoms with Gasteiger partial charge in [0.2, 0.25) is 11.8 Å². The SMILES string of the molecule is CC(C(=O)Nc1cnc(Oc2ccc(F)cc2F)cn1)N1CCC(F)(F)C(c2ccncc2)C1. The number of likely N-dealkylation sites (tertiary alicyclic amines) is 1. The molecule has 2 aromatic heterocycles. The van der Waals surface area contributed by atoms with Crippen LogP contribution in [0.5, 0.6) is 11.6 Å². The van der Waals surface area contributed by atoms with Gasteiger partial charge in [-0.1, -0.05) is 0 Å². The highest BCUT2D eigenvalue weighted by atomic mass is 19.3. The number of nitrogens with zero attached hydrogens (tertiary/aromatic N) is 4. The average Bonchev–Trinajstić information content (AvgIpc) is 2.82. The predicted octanol–water partition coefficient (Wildman–Crippen LogP) is 4.39. The Bertz CT molecular complexity index is 1150. The third kappa shape index (κ3) is 5.30. The molecular weight excluding hydrogens is 454 g/mol. The zero-order valence-corrected chi connectivity index (χ0v) is 18.1. The second kappa shape index (κ2) is 9.72. The Morgan fingerprint density at radius 2 is 1.94 bits per heavy atom. The first-order valence-electron chi connectivity index (χ1n) is 10.5. The summed E-state index contributed by atoms with van der Waals surface area (Å²) in [6.07, 6.45) is 4.95. The van der Waals surface area contributed by atoms with Crippen molar-refractivity contribution in [3.05, 3.63) is 72.3 Å². The largest absolute Gasteiger partial charge is 0.434 e. The summed E-state index contributed by atoms with van der Waals surface area (Å²) in [5.74, 6) is -6.20. The Kier molecular flexibility index (Phi) is 6.73. The van der Waals surface area contributed by atoms with Crippen molar-refractivity contribution in [2.24, 2.45) is 0 Å². The molecule has 2 atom stereocenters. The molecule has 2 unspecified atom stereocenters. The number of hydrogen-bond acceptors (Lipinski definition) is 6. The van der Waals surface area contributed by atoms with Crippen LogP contribution in [0.25, 0.3) is 0 Å². The first-order valence-corrected chi connectivity index (χ1v) is 10.5. The van der Waals surface area contributed by atoms with Gasteiger partial charge in [-0.2, -0.15) is 0 Å². The summed E-state index contributed by atoms with van der Waals surface area (Å²) in [6.45, 7) is 1.70. The van der Waals surface area contributed by atoms with E-state index in [-0.39, 0.29) is 37.0 Å². The number of ether oxygens (including phenoxy) is 1. The number of anilines is 1. The van der Waals surface area contributed by atoms with Crippen LogP contribution < -0.4 is 10.1 Å². The summed E-state index contributed by atoms with van der Waals surface area (Å²) in [6, 6.07) is 5.25. The van der Waals surface area contributed by atoms with Crippen LogP contribution in [-0.2, 0) is 4.79 Å². The van der Waals surface area contributed by atoms with Crippen LogP contribution in [0.1, 0.15) is 24.8 Å². The summed E-state index contributed by atoms with van der Waals surface area (Å²) in [4.78, 5) is 26.3. The van der Waals surface area contributed by atoms with E-state index in [4.69, 9.17) is 4.74 Å². The lowest BCUT2D eigenvalue weighted by molar-refractivity contribution is -0.125. The lowest BCUT2D eigenvalue weighted by atomic mass is 9.87. The van der Waals surface area contributed by atoms with Crippen molar-refractivity contribution < 1.29 is 27.1 Å². The van der Waals surface area contributed by atoms with Crippen molar-refractivity contribution in [1.82, 2.24) is 19.9 Å². The number of carbonyl (C=O) groups is 1. The minimum atomic E-state index is -2.89. The summed E-state index contributed by atoms with van der Waals surface area (Å²) in [5, 5.41) is 2.59. The highest BCUT2D eigenvalue weighted by molar-refractivity contribution is 5.93. The van der Waals surface area contributed by atoms with E-state index >= 15 is 0 Å². The van der Waals surface area contributed by atoms with Crippen LogP contribution in [0.3, 0.4) is 0 Å². The van der Waals surface area contributed by atoms with Gasteiger partial charge in [0.05, 0.1) is 24.4 Å². The van der Waals surface area contributed by atoms with E-state index in [1.54, 1.807) is 24.0 Å². The molecule has 1 amide bonds. The van der Waals surface area contributed by atoms with E-state index in [0.29, 0.717) is 11.6 Å². The molecule has 1 aromatic carbocycles. The number of carbonyl (C=O) groups excluding carboxylic acids is 1. The molecule has 0 aliphatic carbocycles. The Morgan fingerprint density at radius 3 is 2.62 bits per heavy atom. The molecule has 1 N–H and O–H groups in total. The molecular formula is C23H21F4N5O2. The fraction of sp³-hybridized carbons (Fsp3) is 0.304. The van der Waals surface area contributed by atoms with Crippen molar-refractivity contribution in [2.45, 2.75) is 31.2 Å². The van der Waals surface area contributed by atoms with E-state index in [0.717, 1.165) is 12.1 Å². The van der Waals surface area contributed by atoms with E-state index in [2.05, 4.69) is 20.3 Å². The summed E-state index contributed by atoms with van der Waals surface area (Å²) < 4.78 is 61.1. The molecule has 1 saturated heterocycles. The van der Waals surface area contributed by atoms with Gasteiger partial charge in [0.1, 0.15) is 5.82 Å². The summed E-state index contributed by atoms with van der Waals surface area (Å²) in [7, 11) is 0. The molecule has 1 aliphatic rings.